The highest BCUT2D eigenvalue weighted by Gasteiger charge is 2.24. The molecular weight excluding hydrogens is 264 g/mol. The molecule has 0 spiro atoms. The summed E-state index contributed by atoms with van der Waals surface area (Å²) in [6.07, 6.45) is 1.65. The lowest BCUT2D eigenvalue weighted by molar-refractivity contribution is 0.598. The molecule has 2 rings (SSSR count). The van der Waals surface area contributed by atoms with Gasteiger partial charge in [0, 0.05) is 26.9 Å². The van der Waals surface area contributed by atoms with Crippen molar-refractivity contribution in [1.82, 2.24) is 4.98 Å². The van der Waals surface area contributed by atoms with E-state index < -0.39 is 10.0 Å². The van der Waals surface area contributed by atoms with Crippen LogP contribution in [-0.2, 0) is 10.0 Å². The van der Waals surface area contributed by atoms with Crippen molar-refractivity contribution in [2.75, 3.05) is 0 Å². The molecule has 2 aromatic rings. The molecule has 0 saturated heterocycles. The molecule has 0 aliphatic rings. The van der Waals surface area contributed by atoms with E-state index in [1.165, 1.54) is 22.7 Å². The van der Waals surface area contributed by atoms with Gasteiger partial charge >= 0.3 is 0 Å². The van der Waals surface area contributed by atoms with Crippen molar-refractivity contribution in [2.24, 2.45) is 5.14 Å². The minimum atomic E-state index is -3.69. The first-order valence-corrected chi connectivity index (χ1v) is 7.68. The van der Waals surface area contributed by atoms with Gasteiger partial charge in [-0.1, -0.05) is 0 Å². The second kappa shape index (κ2) is 3.92. The van der Waals surface area contributed by atoms with Crippen LogP contribution in [0.4, 0.5) is 0 Å². The summed E-state index contributed by atoms with van der Waals surface area (Å²) >= 11 is 2.84. The quantitative estimate of drug-likeness (QED) is 0.911. The summed E-state index contributed by atoms with van der Waals surface area (Å²) in [7, 11) is -3.69. The van der Waals surface area contributed by atoms with Crippen LogP contribution in [0, 0.1) is 13.8 Å². The van der Waals surface area contributed by atoms with Gasteiger partial charge in [0.15, 0.2) is 0 Å². The Balaban J connectivity index is 2.80. The van der Waals surface area contributed by atoms with Crippen LogP contribution in [0.5, 0.6) is 0 Å². The summed E-state index contributed by atoms with van der Waals surface area (Å²) in [5.74, 6) is 0. The van der Waals surface area contributed by atoms with Crippen LogP contribution in [0.2, 0.25) is 0 Å². The number of nitrogens with zero attached hydrogens (tertiary/aromatic N) is 1. The maximum atomic E-state index is 11.5. The number of hydrogen-bond donors (Lipinski definition) is 1. The molecule has 0 unspecified atom stereocenters. The van der Waals surface area contributed by atoms with Gasteiger partial charge in [0.25, 0.3) is 0 Å². The van der Waals surface area contributed by atoms with E-state index in [0.717, 1.165) is 4.88 Å². The lowest BCUT2D eigenvalue weighted by atomic mass is 10.2. The number of primary sulfonamides is 1. The number of thiazole rings is 1. The highest BCUT2D eigenvalue weighted by atomic mass is 32.2. The molecule has 0 aliphatic carbocycles. The standard InChI is InChI=1S/C9H10N2O2S3/c1-5-7(9-11-3-4-14-9)8(6(2)15-5)16(10,12)13/h3-4H,1-2H3,(H2,10,12,13). The van der Waals surface area contributed by atoms with E-state index in [1.54, 1.807) is 13.1 Å². The number of aromatic nitrogens is 1. The third kappa shape index (κ3) is 1.91. The zero-order valence-electron chi connectivity index (χ0n) is 8.72. The topological polar surface area (TPSA) is 73.1 Å². The fraction of sp³-hybridized carbons (Fsp3) is 0.222. The summed E-state index contributed by atoms with van der Waals surface area (Å²) in [6.45, 7) is 3.64. The maximum Gasteiger partial charge on any atom is 0.239 e. The molecule has 0 aliphatic heterocycles. The van der Waals surface area contributed by atoms with E-state index in [2.05, 4.69) is 4.98 Å². The molecule has 2 aromatic heterocycles. The van der Waals surface area contributed by atoms with E-state index in [1.807, 2.05) is 12.3 Å². The van der Waals surface area contributed by atoms with Crippen molar-refractivity contribution in [3.63, 3.8) is 0 Å². The van der Waals surface area contributed by atoms with Gasteiger partial charge in [0.1, 0.15) is 9.90 Å². The predicted octanol–water partition coefficient (Wildman–Crippen LogP) is 2.14. The Morgan fingerprint density at radius 1 is 1.31 bits per heavy atom. The average molecular weight is 274 g/mol. The van der Waals surface area contributed by atoms with Crippen LogP contribution in [-0.4, -0.2) is 13.4 Å². The highest BCUT2D eigenvalue weighted by molar-refractivity contribution is 7.89. The van der Waals surface area contributed by atoms with Crippen molar-refractivity contribution < 1.29 is 8.42 Å². The first-order valence-electron chi connectivity index (χ1n) is 4.44. The Labute approximate surface area is 102 Å². The molecule has 4 nitrogen and oxygen atoms in total. The molecule has 0 bridgehead atoms. The van der Waals surface area contributed by atoms with E-state index in [9.17, 15) is 8.42 Å². The molecule has 86 valence electrons. The number of rotatable bonds is 2. The predicted molar refractivity (Wildman–Crippen MR) is 66.3 cm³/mol. The molecular formula is C9H10N2O2S3. The highest BCUT2D eigenvalue weighted by Crippen LogP contribution is 2.38. The summed E-state index contributed by atoms with van der Waals surface area (Å²) in [6, 6.07) is 0. The van der Waals surface area contributed by atoms with Crippen molar-refractivity contribution in [1.29, 1.82) is 0 Å². The Bertz CT molecular complexity index is 611. The van der Waals surface area contributed by atoms with Crippen molar-refractivity contribution in [3.05, 3.63) is 21.3 Å². The Kier molecular flexibility index (Phi) is 2.87. The van der Waals surface area contributed by atoms with E-state index >= 15 is 0 Å². The van der Waals surface area contributed by atoms with E-state index in [0.29, 0.717) is 15.4 Å². The second-order valence-electron chi connectivity index (χ2n) is 3.30. The number of nitrogens with two attached hydrogens (primary N) is 1. The van der Waals surface area contributed by atoms with Crippen molar-refractivity contribution >= 4 is 32.7 Å². The van der Waals surface area contributed by atoms with Crippen LogP contribution < -0.4 is 5.14 Å². The van der Waals surface area contributed by atoms with Crippen LogP contribution >= 0.6 is 22.7 Å². The molecule has 16 heavy (non-hydrogen) atoms. The zero-order chi connectivity index (χ0) is 11.9. The van der Waals surface area contributed by atoms with Crippen molar-refractivity contribution in [3.8, 4) is 10.6 Å². The summed E-state index contributed by atoms with van der Waals surface area (Å²) < 4.78 is 23.1. The molecule has 0 atom stereocenters. The minimum absolute atomic E-state index is 0.213. The normalized spacial score (nSPS) is 11.9. The average Bonchev–Trinajstić information content (AvgIpc) is 2.70. The van der Waals surface area contributed by atoms with Gasteiger partial charge in [-0.3, -0.25) is 0 Å². The van der Waals surface area contributed by atoms with Gasteiger partial charge in [-0.05, 0) is 13.8 Å². The fourth-order valence-corrected chi connectivity index (χ4v) is 4.90. The molecule has 2 heterocycles. The smallest absolute Gasteiger partial charge is 0.239 e. The zero-order valence-corrected chi connectivity index (χ0v) is 11.2. The first-order chi connectivity index (χ1) is 7.41. The lowest BCUT2D eigenvalue weighted by Gasteiger charge is -2.01. The lowest BCUT2D eigenvalue weighted by Crippen LogP contribution is -2.13. The SMILES string of the molecule is Cc1sc(C)c(S(N)(=O)=O)c1-c1nccs1. The van der Waals surface area contributed by atoms with Crippen LogP contribution in [0.25, 0.3) is 10.6 Å². The number of thiophene rings is 1. The minimum Gasteiger partial charge on any atom is -0.244 e. The second-order valence-corrected chi connectivity index (χ2v) is 7.12. The first kappa shape index (κ1) is 11.7. The van der Waals surface area contributed by atoms with Crippen molar-refractivity contribution in [2.45, 2.75) is 18.7 Å². The molecule has 0 amide bonds. The third-order valence-corrected chi connectivity index (χ3v) is 5.16. The van der Waals surface area contributed by atoms with Crippen LogP contribution in [0.15, 0.2) is 16.5 Å². The fourth-order valence-electron chi connectivity index (χ4n) is 1.60. The van der Waals surface area contributed by atoms with E-state index in [-0.39, 0.29) is 4.90 Å². The van der Waals surface area contributed by atoms with Gasteiger partial charge in [0.05, 0.1) is 0 Å². The largest absolute Gasteiger partial charge is 0.244 e. The Hall–Kier alpha value is -0.760. The molecule has 0 aromatic carbocycles. The molecule has 0 radical (unpaired) electrons. The molecule has 7 heteroatoms. The van der Waals surface area contributed by atoms with Crippen LogP contribution in [0.3, 0.4) is 0 Å². The summed E-state index contributed by atoms with van der Waals surface area (Å²) in [5, 5.41) is 7.75. The van der Waals surface area contributed by atoms with Gasteiger partial charge in [-0.15, -0.1) is 22.7 Å². The maximum absolute atomic E-state index is 11.5. The van der Waals surface area contributed by atoms with Crippen LogP contribution in [0.1, 0.15) is 9.75 Å². The molecule has 0 fully saturated rings. The number of hydrogen-bond acceptors (Lipinski definition) is 5. The number of sulfonamides is 1. The van der Waals surface area contributed by atoms with Gasteiger partial charge in [-0.2, -0.15) is 0 Å². The van der Waals surface area contributed by atoms with Gasteiger partial charge in [0.2, 0.25) is 10.0 Å². The molecule has 2 N–H and O–H groups in total. The van der Waals surface area contributed by atoms with Gasteiger partial charge in [-0.25, -0.2) is 18.5 Å². The number of aryl methyl sites for hydroxylation is 2. The monoisotopic (exact) mass is 274 g/mol. The molecule has 0 saturated carbocycles. The third-order valence-electron chi connectivity index (χ3n) is 2.14. The summed E-state index contributed by atoms with van der Waals surface area (Å²) in [4.78, 5) is 5.99. The Morgan fingerprint density at radius 3 is 2.50 bits per heavy atom. The van der Waals surface area contributed by atoms with Gasteiger partial charge < -0.3 is 0 Å². The summed E-state index contributed by atoms with van der Waals surface area (Å²) in [5.41, 5.74) is 0.653. The van der Waals surface area contributed by atoms with E-state index in [4.69, 9.17) is 5.14 Å². The Morgan fingerprint density at radius 2 is 2.00 bits per heavy atom.